The fraction of sp³-hybridized carbons (Fsp3) is 0.611. The van der Waals surface area contributed by atoms with E-state index in [4.69, 9.17) is 0 Å². The van der Waals surface area contributed by atoms with Gasteiger partial charge in [-0.25, -0.2) is 4.98 Å². The van der Waals surface area contributed by atoms with E-state index < -0.39 is 0 Å². The van der Waals surface area contributed by atoms with E-state index in [9.17, 15) is 9.59 Å². The van der Waals surface area contributed by atoms with Gasteiger partial charge in [-0.3, -0.25) is 9.59 Å². The van der Waals surface area contributed by atoms with Crippen molar-refractivity contribution in [2.75, 3.05) is 12.3 Å². The number of amides is 1. The molecule has 1 aliphatic rings. The second-order valence-electron chi connectivity index (χ2n) is 7.24. The number of thiophene rings is 1. The number of aromatic nitrogens is 2. The first-order valence-electron chi connectivity index (χ1n) is 8.82. The number of rotatable bonds is 6. The van der Waals surface area contributed by atoms with Gasteiger partial charge in [-0.15, -0.1) is 23.1 Å². The second kappa shape index (κ2) is 7.91. The average molecular weight is 380 g/mol. The van der Waals surface area contributed by atoms with Gasteiger partial charge in [0.1, 0.15) is 10.7 Å². The highest BCUT2D eigenvalue weighted by atomic mass is 32.2. The minimum absolute atomic E-state index is 0.0303. The Morgan fingerprint density at radius 2 is 2.28 bits per heavy atom. The molecule has 1 amide bonds. The third-order valence-electron chi connectivity index (χ3n) is 4.39. The monoisotopic (exact) mass is 379 g/mol. The Hall–Kier alpha value is -1.34. The highest BCUT2D eigenvalue weighted by Gasteiger charge is 2.23. The molecule has 0 aromatic carbocycles. The average Bonchev–Trinajstić information content (AvgIpc) is 2.90. The summed E-state index contributed by atoms with van der Waals surface area (Å²) in [6.45, 7) is 7.09. The maximum absolute atomic E-state index is 12.5. The minimum Gasteiger partial charge on any atom is -0.355 e. The molecule has 1 aliphatic carbocycles. The maximum atomic E-state index is 12.5. The number of fused-ring (bicyclic) bond motifs is 3. The zero-order valence-corrected chi connectivity index (χ0v) is 16.6. The molecule has 0 saturated heterocycles. The highest BCUT2D eigenvalue weighted by molar-refractivity contribution is 7.99. The number of nitrogens with zero attached hydrogens (tertiary/aromatic N) is 1. The van der Waals surface area contributed by atoms with Crippen LogP contribution in [0.4, 0.5) is 0 Å². The molecule has 7 heteroatoms. The van der Waals surface area contributed by atoms with Gasteiger partial charge in [0.25, 0.3) is 5.56 Å². The Morgan fingerprint density at radius 1 is 1.48 bits per heavy atom. The van der Waals surface area contributed by atoms with Gasteiger partial charge in [0.15, 0.2) is 0 Å². The van der Waals surface area contributed by atoms with Crippen LogP contribution in [0.15, 0.2) is 4.79 Å². The summed E-state index contributed by atoms with van der Waals surface area (Å²) in [6, 6.07) is 0. The van der Waals surface area contributed by atoms with Crippen LogP contribution < -0.4 is 10.9 Å². The second-order valence-corrected chi connectivity index (χ2v) is 9.30. The molecule has 5 nitrogen and oxygen atoms in total. The lowest BCUT2D eigenvalue weighted by Crippen LogP contribution is -2.28. The summed E-state index contributed by atoms with van der Waals surface area (Å²) in [7, 11) is 0. The van der Waals surface area contributed by atoms with Crippen molar-refractivity contribution in [1.82, 2.24) is 15.3 Å². The van der Waals surface area contributed by atoms with Gasteiger partial charge in [0.05, 0.1) is 16.9 Å². The molecule has 1 atom stereocenters. The predicted molar refractivity (Wildman–Crippen MR) is 105 cm³/mol. The van der Waals surface area contributed by atoms with Crippen LogP contribution in [-0.2, 0) is 23.4 Å². The van der Waals surface area contributed by atoms with Crippen molar-refractivity contribution in [3.8, 4) is 0 Å². The van der Waals surface area contributed by atoms with Crippen LogP contribution in [0.25, 0.3) is 10.2 Å². The fourth-order valence-electron chi connectivity index (χ4n) is 3.07. The molecule has 2 aromatic rings. The number of H-pyrrole nitrogens is 1. The summed E-state index contributed by atoms with van der Waals surface area (Å²) in [5, 5.41) is 3.68. The van der Waals surface area contributed by atoms with Gasteiger partial charge < -0.3 is 10.3 Å². The summed E-state index contributed by atoms with van der Waals surface area (Å²) in [5.74, 6) is 2.74. The fourth-order valence-corrected chi connectivity index (χ4v) is 5.19. The Morgan fingerprint density at radius 3 is 3.04 bits per heavy atom. The third-order valence-corrected chi connectivity index (χ3v) is 6.49. The molecule has 3 rings (SSSR count). The zero-order valence-electron chi connectivity index (χ0n) is 15.0. The molecule has 2 N–H and O–H groups in total. The number of hydrogen-bond acceptors (Lipinski definition) is 5. The third kappa shape index (κ3) is 4.44. The summed E-state index contributed by atoms with van der Waals surface area (Å²) in [6.07, 6.45) is 3.17. The molecule has 0 radical (unpaired) electrons. The molecule has 0 spiro atoms. The molecule has 0 aliphatic heterocycles. The van der Waals surface area contributed by atoms with Gasteiger partial charge in [0.2, 0.25) is 5.91 Å². The molecule has 136 valence electrons. The predicted octanol–water partition coefficient (Wildman–Crippen LogP) is 3.11. The van der Waals surface area contributed by atoms with Crippen LogP contribution in [0.1, 0.15) is 43.5 Å². The topological polar surface area (TPSA) is 74.8 Å². The Labute approximate surface area is 156 Å². The van der Waals surface area contributed by atoms with Crippen LogP contribution in [0, 0.1) is 11.8 Å². The lowest BCUT2D eigenvalue weighted by atomic mass is 9.89. The largest absolute Gasteiger partial charge is 0.355 e. The summed E-state index contributed by atoms with van der Waals surface area (Å²) >= 11 is 3.14. The van der Waals surface area contributed by atoms with Gasteiger partial charge in [-0.2, -0.15) is 0 Å². The van der Waals surface area contributed by atoms with Crippen molar-refractivity contribution in [2.24, 2.45) is 11.8 Å². The van der Waals surface area contributed by atoms with Gasteiger partial charge in [-0.1, -0.05) is 20.8 Å². The number of carbonyl (C=O) groups excluding carboxylic acids is 1. The van der Waals surface area contributed by atoms with E-state index in [1.54, 1.807) is 11.3 Å². The van der Waals surface area contributed by atoms with Crippen molar-refractivity contribution in [2.45, 2.75) is 45.8 Å². The highest BCUT2D eigenvalue weighted by Crippen LogP contribution is 2.35. The van der Waals surface area contributed by atoms with Crippen LogP contribution in [0.5, 0.6) is 0 Å². The maximum Gasteiger partial charge on any atom is 0.259 e. The van der Waals surface area contributed by atoms with Crippen LogP contribution in [-0.4, -0.2) is 28.2 Å². The van der Waals surface area contributed by atoms with E-state index >= 15 is 0 Å². The Kier molecular flexibility index (Phi) is 5.84. The molecule has 0 bridgehead atoms. The van der Waals surface area contributed by atoms with E-state index in [0.29, 0.717) is 35.7 Å². The van der Waals surface area contributed by atoms with Crippen LogP contribution in [0.2, 0.25) is 0 Å². The van der Waals surface area contributed by atoms with Crippen molar-refractivity contribution in [1.29, 1.82) is 0 Å². The number of thioether (sulfide) groups is 1. The molecule has 0 saturated carbocycles. The van der Waals surface area contributed by atoms with Gasteiger partial charge >= 0.3 is 0 Å². The van der Waals surface area contributed by atoms with Gasteiger partial charge in [-0.05, 0) is 36.7 Å². The lowest BCUT2D eigenvalue weighted by molar-refractivity contribution is -0.118. The first kappa shape index (κ1) is 18.5. The first-order chi connectivity index (χ1) is 11.9. The summed E-state index contributed by atoms with van der Waals surface area (Å²) in [5.41, 5.74) is 1.18. The van der Waals surface area contributed by atoms with E-state index in [1.807, 2.05) is 0 Å². The number of carbonyl (C=O) groups is 1. The Bertz CT molecular complexity index is 826. The van der Waals surface area contributed by atoms with Gasteiger partial charge in [0, 0.05) is 11.4 Å². The van der Waals surface area contributed by atoms with E-state index in [0.717, 1.165) is 29.5 Å². The van der Waals surface area contributed by atoms with E-state index in [-0.39, 0.29) is 11.5 Å². The molecule has 0 fully saturated rings. The minimum atomic E-state index is -0.0306. The first-order valence-corrected chi connectivity index (χ1v) is 10.8. The molecule has 2 heterocycles. The molecule has 25 heavy (non-hydrogen) atoms. The number of aryl methyl sites for hydroxylation is 1. The van der Waals surface area contributed by atoms with Crippen molar-refractivity contribution >= 4 is 39.2 Å². The lowest BCUT2D eigenvalue weighted by Gasteiger charge is -2.17. The number of hydrogen-bond donors (Lipinski definition) is 2. The summed E-state index contributed by atoms with van der Waals surface area (Å²) in [4.78, 5) is 34.0. The standard InChI is InChI=1S/C18H25N3O2S2/c1-10(2)7-19-15(22)9-24-8-14-20-17(23)16-12-5-4-11(3)6-13(12)25-18(16)21-14/h10-11H,4-9H2,1-3H3,(H,19,22)(H,20,21,23)/t11-/m0/s1. The molecule has 2 aromatic heterocycles. The van der Waals surface area contributed by atoms with Crippen LogP contribution in [0.3, 0.4) is 0 Å². The normalized spacial score (nSPS) is 17.0. The van der Waals surface area contributed by atoms with E-state index in [2.05, 4.69) is 36.1 Å². The SMILES string of the molecule is CC(C)CNC(=O)CSCc1nc2sc3c(c2c(=O)[nH]1)CC[C@H](C)C3. The summed E-state index contributed by atoms with van der Waals surface area (Å²) < 4.78 is 0. The number of aromatic amines is 1. The zero-order chi connectivity index (χ0) is 18.0. The Balaban J connectivity index is 1.67. The van der Waals surface area contributed by atoms with Crippen LogP contribution >= 0.6 is 23.1 Å². The smallest absolute Gasteiger partial charge is 0.259 e. The molecule has 0 unspecified atom stereocenters. The van der Waals surface area contributed by atoms with Crippen molar-refractivity contribution in [3.05, 3.63) is 26.6 Å². The molecular weight excluding hydrogens is 354 g/mol. The quantitative estimate of drug-likeness (QED) is 0.809. The van der Waals surface area contributed by atoms with E-state index in [1.165, 1.54) is 22.2 Å². The number of nitrogens with one attached hydrogen (secondary N) is 2. The molecular formula is C18H25N3O2S2. The van der Waals surface area contributed by atoms with Crippen molar-refractivity contribution in [3.63, 3.8) is 0 Å². The van der Waals surface area contributed by atoms with Crippen molar-refractivity contribution < 1.29 is 4.79 Å².